The van der Waals surface area contributed by atoms with Gasteiger partial charge in [0.15, 0.2) is 0 Å². The van der Waals surface area contributed by atoms with E-state index in [4.69, 9.17) is 4.74 Å². The van der Waals surface area contributed by atoms with Crippen molar-refractivity contribution >= 4 is 0 Å². The zero-order valence-corrected chi connectivity index (χ0v) is 16.9. The molecule has 5 rings (SSSR count). The number of ether oxygens (including phenoxy) is 1. The van der Waals surface area contributed by atoms with E-state index < -0.39 is 0 Å². The van der Waals surface area contributed by atoms with Crippen molar-refractivity contribution in [2.45, 2.75) is 19.5 Å². The standard InChI is InChI=1S/C24H21N5O2/c30-24-21-15-29(11-10-22(21)27-23(28-24)18-12-25-16-26-13-18)14-17-6-8-20(9-7-17)31-19-4-2-1-3-5-19/h1-9,12-13,16H,10-11,14-15H2,(H,27,28,30). The molecule has 0 fully saturated rings. The number of hydrogen-bond acceptors (Lipinski definition) is 6. The van der Waals surface area contributed by atoms with Gasteiger partial charge in [-0.05, 0) is 29.8 Å². The number of benzene rings is 2. The maximum Gasteiger partial charge on any atom is 0.255 e. The molecule has 0 atom stereocenters. The molecule has 3 heterocycles. The second-order valence-electron chi connectivity index (χ2n) is 7.49. The summed E-state index contributed by atoms with van der Waals surface area (Å²) in [7, 11) is 0. The fourth-order valence-corrected chi connectivity index (χ4v) is 3.72. The van der Waals surface area contributed by atoms with Crippen molar-refractivity contribution in [3.63, 3.8) is 0 Å². The predicted molar refractivity (Wildman–Crippen MR) is 117 cm³/mol. The predicted octanol–water partition coefficient (Wildman–Crippen LogP) is 3.58. The molecule has 31 heavy (non-hydrogen) atoms. The van der Waals surface area contributed by atoms with Gasteiger partial charge in [0.1, 0.15) is 23.7 Å². The first kappa shape index (κ1) is 19.1. The highest BCUT2D eigenvalue weighted by molar-refractivity contribution is 5.52. The molecule has 0 bridgehead atoms. The van der Waals surface area contributed by atoms with Crippen molar-refractivity contribution in [3.8, 4) is 22.9 Å². The zero-order valence-electron chi connectivity index (χ0n) is 16.9. The largest absolute Gasteiger partial charge is 0.457 e. The molecule has 0 unspecified atom stereocenters. The van der Waals surface area contributed by atoms with Crippen LogP contribution in [-0.4, -0.2) is 31.4 Å². The van der Waals surface area contributed by atoms with E-state index in [0.717, 1.165) is 42.3 Å². The number of nitrogens with one attached hydrogen (secondary N) is 1. The van der Waals surface area contributed by atoms with E-state index in [0.29, 0.717) is 17.9 Å². The Balaban J connectivity index is 1.27. The number of hydrogen-bond donors (Lipinski definition) is 1. The summed E-state index contributed by atoms with van der Waals surface area (Å²) in [6.07, 6.45) is 5.49. The number of aromatic nitrogens is 4. The van der Waals surface area contributed by atoms with Crippen LogP contribution in [0.4, 0.5) is 0 Å². The lowest BCUT2D eigenvalue weighted by molar-refractivity contribution is 0.242. The molecule has 2 aromatic heterocycles. The topological polar surface area (TPSA) is 84.0 Å². The van der Waals surface area contributed by atoms with Crippen LogP contribution >= 0.6 is 0 Å². The molecule has 2 aromatic carbocycles. The smallest absolute Gasteiger partial charge is 0.255 e. The second-order valence-corrected chi connectivity index (χ2v) is 7.49. The van der Waals surface area contributed by atoms with Gasteiger partial charge in [0.2, 0.25) is 0 Å². The van der Waals surface area contributed by atoms with Crippen LogP contribution < -0.4 is 10.3 Å². The molecule has 7 heteroatoms. The van der Waals surface area contributed by atoms with Gasteiger partial charge in [0.05, 0.1) is 16.8 Å². The van der Waals surface area contributed by atoms with Gasteiger partial charge in [-0.15, -0.1) is 0 Å². The van der Waals surface area contributed by atoms with E-state index in [2.05, 4.69) is 37.0 Å². The quantitative estimate of drug-likeness (QED) is 0.540. The lowest BCUT2D eigenvalue weighted by Gasteiger charge is -2.27. The summed E-state index contributed by atoms with van der Waals surface area (Å²) in [6.45, 7) is 2.18. The summed E-state index contributed by atoms with van der Waals surface area (Å²) in [6, 6.07) is 17.8. The molecule has 154 valence electrons. The van der Waals surface area contributed by atoms with Gasteiger partial charge >= 0.3 is 0 Å². The van der Waals surface area contributed by atoms with Crippen LogP contribution in [0.25, 0.3) is 11.4 Å². The van der Waals surface area contributed by atoms with Gasteiger partial charge in [-0.1, -0.05) is 30.3 Å². The fraction of sp³-hybridized carbons (Fsp3) is 0.167. The number of H-pyrrole nitrogens is 1. The number of aromatic amines is 1. The van der Waals surface area contributed by atoms with E-state index in [1.807, 2.05) is 42.5 Å². The molecule has 7 nitrogen and oxygen atoms in total. The molecular formula is C24H21N5O2. The number of fused-ring (bicyclic) bond motifs is 1. The normalized spacial score (nSPS) is 13.5. The minimum absolute atomic E-state index is 0.0971. The Hall–Kier alpha value is -3.84. The Bertz CT molecular complexity index is 1220. The molecule has 0 saturated heterocycles. The summed E-state index contributed by atoms with van der Waals surface area (Å²) in [5, 5.41) is 0. The van der Waals surface area contributed by atoms with Crippen LogP contribution in [0.3, 0.4) is 0 Å². The van der Waals surface area contributed by atoms with Crippen LogP contribution in [0.5, 0.6) is 11.5 Å². The molecule has 0 aliphatic carbocycles. The molecule has 1 N–H and O–H groups in total. The van der Waals surface area contributed by atoms with Gasteiger partial charge in [-0.3, -0.25) is 9.69 Å². The van der Waals surface area contributed by atoms with Crippen molar-refractivity contribution in [1.29, 1.82) is 0 Å². The van der Waals surface area contributed by atoms with Gasteiger partial charge < -0.3 is 9.72 Å². The highest BCUT2D eigenvalue weighted by Crippen LogP contribution is 2.23. The number of nitrogens with zero attached hydrogens (tertiary/aromatic N) is 4. The van der Waals surface area contributed by atoms with Crippen molar-refractivity contribution in [1.82, 2.24) is 24.8 Å². The van der Waals surface area contributed by atoms with Gasteiger partial charge in [0, 0.05) is 38.4 Å². The van der Waals surface area contributed by atoms with Gasteiger partial charge in [-0.25, -0.2) is 15.0 Å². The maximum absolute atomic E-state index is 12.7. The zero-order chi connectivity index (χ0) is 21.0. The Kier molecular flexibility index (Phi) is 5.24. The lowest BCUT2D eigenvalue weighted by Crippen LogP contribution is -2.35. The molecular weight excluding hydrogens is 390 g/mol. The summed E-state index contributed by atoms with van der Waals surface area (Å²) in [5.41, 5.74) is 3.37. The first-order chi connectivity index (χ1) is 15.2. The first-order valence-electron chi connectivity index (χ1n) is 10.2. The highest BCUT2D eigenvalue weighted by atomic mass is 16.5. The molecule has 0 saturated carbocycles. The van der Waals surface area contributed by atoms with Gasteiger partial charge in [0.25, 0.3) is 5.56 Å². The van der Waals surface area contributed by atoms with E-state index in [1.54, 1.807) is 12.4 Å². The van der Waals surface area contributed by atoms with Crippen molar-refractivity contribution in [2.24, 2.45) is 0 Å². The molecule has 1 aliphatic rings. The Morgan fingerprint density at radius 3 is 2.48 bits per heavy atom. The van der Waals surface area contributed by atoms with Crippen LogP contribution in [0.15, 0.2) is 78.1 Å². The average Bonchev–Trinajstić information content (AvgIpc) is 2.82. The summed E-state index contributed by atoms with van der Waals surface area (Å²) in [5.74, 6) is 2.14. The fourth-order valence-electron chi connectivity index (χ4n) is 3.72. The average molecular weight is 411 g/mol. The summed E-state index contributed by atoms with van der Waals surface area (Å²) >= 11 is 0. The van der Waals surface area contributed by atoms with E-state index in [9.17, 15) is 4.79 Å². The van der Waals surface area contributed by atoms with Crippen LogP contribution in [0.2, 0.25) is 0 Å². The Morgan fingerprint density at radius 1 is 0.968 bits per heavy atom. The van der Waals surface area contributed by atoms with Crippen LogP contribution in [0, 0.1) is 0 Å². The summed E-state index contributed by atoms with van der Waals surface area (Å²) < 4.78 is 5.86. The van der Waals surface area contributed by atoms with E-state index in [1.165, 1.54) is 11.9 Å². The number of rotatable bonds is 5. The van der Waals surface area contributed by atoms with Crippen molar-refractivity contribution in [2.75, 3.05) is 6.54 Å². The van der Waals surface area contributed by atoms with Crippen LogP contribution in [-0.2, 0) is 19.5 Å². The van der Waals surface area contributed by atoms with E-state index in [-0.39, 0.29) is 5.56 Å². The maximum atomic E-state index is 12.7. The second kappa shape index (κ2) is 8.49. The lowest BCUT2D eigenvalue weighted by atomic mass is 10.1. The van der Waals surface area contributed by atoms with Crippen molar-refractivity contribution in [3.05, 3.63) is 100 Å². The third-order valence-corrected chi connectivity index (χ3v) is 5.29. The third-order valence-electron chi connectivity index (χ3n) is 5.29. The minimum atomic E-state index is -0.0971. The Labute approximate surface area is 179 Å². The molecule has 4 aromatic rings. The molecule has 1 aliphatic heterocycles. The van der Waals surface area contributed by atoms with E-state index >= 15 is 0 Å². The third kappa shape index (κ3) is 4.36. The molecule has 0 radical (unpaired) electrons. The first-order valence-corrected chi connectivity index (χ1v) is 10.2. The monoisotopic (exact) mass is 411 g/mol. The minimum Gasteiger partial charge on any atom is -0.457 e. The van der Waals surface area contributed by atoms with Crippen LogP contribution in [0.1, 0.15) is 16.8 Å². The van der Waals surface area contributed by atoms with Crippen molar-refractivity contribution < 1.29 is 4.74 Å². The summed E-state index contributed by atoms with van der Waals surface area (Å²) in [4.78, 5) is 30.5. The Morgan fingerprint density at radius 2 is 1.71 bits per heavy atom. The SMILES string of the molecule is O=c1[nH]c(-c2cncnc2)nc2c1CN(Cc1ccc(Oc3ccccc3)cc1)CC2. The molecule has 0 amide bonds. The van der Waals surface area contributed by atoms with Gasteiger partial charge in [-0.2, -0.15) is 0 Å². The molecule has 0 spiro atoms. The number of para-hydroxylation sites is 1. The highest BCUT2D eigenvalue weighted by Gasteiger charge is 2.21.